The van der Waals surface area contributed by atoms with Gasteiger partial charge in [-0.05, 0) is 12.1 Å². The number of carbonyl (C=O) groups is 1. The zero-order chi connectivity index (χ0) is 13.5. The van der Waals surface area contributed by atoms with Gasteiger partial charge in [0.2, 0.25) is 11.7 Å². The molecular weight excluding hydrogens is 264 g/mol. The second-order valence-corrected chi connectivity index (χ2v) is 6.06. The summed E-state index contributed by atoms with van der Waals surface area (Å²) < 4.78 is 11.3. The molecule has 6 heteroatoms. The molecule has 1 amide bonds. The largest absolute Gasteiger partial charge is 0.449 e. The minimum atomic E-state index is -0.644. The molecule has 19 heavy (non-hydrogen) atoms. The number of thioether (sulfide) groups is 1. The van der Waals surface area contributed by atoms with Crippen molar-refractivity contribution in [2.24, 2.45) is 0 Å². The van der Waals surface area contributed by atoms with E-state index in [1.54, 1.807) is 17.8 Å². The highest BCUT2D eigenvalue weighted by Gasteiger charge is 2.32. The van der Waals surface area contributed by atoms with Gasteiger partial charge in [0.25, 0.3) is 0 Å². The first-order chi connectivity index (χ1) is 9.03. The van der Waals surface area contributed by atoms with E-state index >= 15 is 0 Å². The number of anilines is 1. The number of hydrogen-bond acceptors (Lipinski definition) is 5. The number of ether oxygens (including phenoxy) is 2. The van der Waals surface area contributed by atoms with Crippen LogP contribution in [-0.2, 0) is 4.79 Å². The van der Waals surface area contributed by atoms with Gasteiger partial charge < -0.3 is 14.8 Å². The smallest absolute Gasteiger partial charge is 0.246 e. The Labute approximate surface area is 116 Å². The first-order valence-corrected chi connectivity index (χ1v) is 7.33. The normalized spacial score (nSPS) is 23.4. The Hall–Kier alpha value is -1.40. The van der Waals surface area contributed by atoms with Gasteiger partial charge in [-0.3, -0.25) is 10.1 Å². The highest BCUT2D eigenvalue weighted by molar-refractivity contribution is 7.99. The zero-order valence-electron chi connectivity index (χ0n) is 10.9. The van der Waals surface area contributed by atoms with Crippen molar-refractivity contribution in [3.63, 3.8) is 0 Å². The van der Waals surface area contributed by atoms with Crippen LogP contribution in [0.25, 0.3) is 0 Å². The Bertz CT molecular complexity index is 513. The number of carbonyl (C=O) groups excluding carboxylic acids is 1. The van der Waals surface area contributed by atoms with E-state index in [4.69, 9.17) is 9.47 Å². The molecule has 0 aromatic heterocycles. The van der Waals surface area contributed by atoms with E-state index < -0.39 is 5.79 Å². The number of fused-ring (bicyclic) bond motifs is 1. The molecule has 1 aromatic carbocycles. The summed E-state index contributed by atoms with van der Waals surface area (Å²) in [6.07, 6.45) is 0. The van der Waals surface area contributed by atoms with E-state index in [1.807, 2.05) is 26.0 Å². The van der Waals surface area contributed by atoms with Crippen LogP contribution in [0.3, 0.4) is 0 Å². The maximum atomic E-state index is 12.0. The standard InChI is InChI=1S/C13H16N2O3S/c1-13(2)17-10-4-3-8(5-11(10)18-13)15-12(16)9-6-19-7-14-9/h3-5,9,14H,6-7H2,1-2H3,(H,15,16). The van der Waals surface area contributed by atoms with E-state index in [9.17, 15) is 4.79 Å². The van der Waals surface area contributed by atoms with E-state index in [0.717, 1.165) is 17.3 Å². The van der Waals surface area contributed by atoms with Gasteiger partial charge in [0.1, 0.15) is 0 Å². The van der Waals surface area contributed by atoms with Crippen LogP contribution in [0.2, 0.25) is 0 Å². The average Bonchev–Trinajstić information content (AvgIpc) is 2.93. The third-order valence-electron chi connectivity index (χ3n) is 2.96. The number of benzene rings is 1. The quantitative estimate of drug-likeness (QED) is 0.865. The van der Waals surface area contributed by atoms with Gasteiger partial charge in [-0.1, -0.05) is 0 Å². The van der Waals surface area contributed by atoms with Gasteiger partial charge >= 0.3 is 0 Å². The Balaban J connectivity index is 1.71. The van der Waals surface area contributed by atoms with E-state index in [2.05, 4.69) is 10.6 Å². The van der Waals surface area contributed by atoms with Crippen LogP contribution in [0.15, 0.2) is 18.2 Å². The number of rotatable bonds is 2. The summed E-state index contributed by atoms with van der Waals surface area (Å²) in [7, 11) is 0. The van der Waals surface area contributed by atoms with Crippen LogP contribution in [-0.4, -0.2) is 29.4 Å². The lowest BCUT2D eigenvalue weighted by Crippen LogP contribution is -2.37. The molecule has 0 spiro atoms. The molecule has 1 fully saturated rings. The summed E-state index contributed by atoms with van der Waals surface area (Å²) in [6.45, 7) is 3.70. The molecule has 3 rings (SSSR count). The van der Waals surface area contributed by atoms with Crippen LogP contribution in [0.4, 0.5) is 5.69 Å². The molecule has 5 nitrogen and oxygen atoms in total. The van der Waals surface area contributed by atoms with E-state index in [1.165, 1.54) is 0 Å². The number of amides is 1. The van der Waals surface area contributed by atoms with Gasteiger partial charge in [-0.2, -0.15) is 0 Å². The highest BCUT2D eigenvalue weighted by Crippen LogP contribution is 2.40. The molecule has 2 heterocycles. The number of nitrogens with one attached hydrogen (secondary N) is 2. The Morgan fingerprint density at radius 1 is 1.42 bits per heavy atom. The van der Waals surface area contributed by atoms with Crippen LogP contribution in [0, 0.1) is 0 Å². The Morgan fingerprint density at radius 2 is 2.21 bits per heavy atom. The first kappa shape index (κ1) is 12.6. The molecule has 2 N–H and O–H groups in total. The fourth-order valence-electron chi connectivity index (χ4n) is 2.09. The van der Waals surface area contributed by atoms with Crippen molar-refractivity contribution in [3.05, 3.63) is 18.2 Å². The van der Waals surface area contributed by atoms with E-state index in [-0.39, 0.29) is 11.9 Å². The van der Waals surface area contributed by atoms with Gasteiger partial charge in [0.05, 0.1) is 6.04 Å². The first-order valence-electron chi connectivity index (χ1n) is 6.18. The average molecular weight is 280 g/mol. The SMILES string of the molecule is CC1(C)Oc2ccc(NC(=O)C3CSCN3)cc2O1. The van der Waals surface area contributed by atoms with Gasteiger partial charge in [-0.15, -0.1) is 11.8 Å². The molecule has 2 aliphatic rings. The summed E-state index contributed by atoms with van der Waals surface area (Å²) in [5, 5.41) is 6.03. The Kier molecular flexibility index (Phi) is 3.06. The fraction of sp³-hybridized carbons (Fsp3) is 0.462. The van der Waals surface area contributed by atoms with Crippen molar-refractivity contribution in [1.29, 1.82) is 0 Å². The molecule has 2 aliphatic heterocycles. The molecule has 1 aromatic rings. The van der Waals surface area contributed by atoms with Gasteiger partial charge in [0.15, 0.2) is 11.5 Å². The summed E-state index contributed by atoms with van der Waals surface area (Å²) >= 11 is 1.72. The second-order valence-electron chi connectivity index (χ2n) is 5.03. The maximum Gasteiger partial charge on any atom is 0.246 e. The predicted octanol–water partition coefficient (Wildman–Crippen LogP) is 1.79. The van der Waals surface area contributed by atoms with E-state index in [0.29, 0.717) is 11.5 Å². The predicted molar refractivity (Wildman–Crippen MR) is 74.7 cm³/mol. The summed E-state index contributed by atoms with van der Waals surface area (Å²) in [6, 6.07) is 5.32. The highest BCUT2D eigenvalue weighted by atomic mass is 32.2. The lowest BCUT2D eigenvalue weighted by atomic mass is 10.2. The Morgan fingerprint density at radius 3 is 2.95 bits per heavy atom. The molecule has 1 saturated heterocycles. The van der Waals surface area contributed by atoms with Crippen molar-refractivity contribution >= 4 is 23.4 Å². The third kappa shape index (κ3) is 2.64. The third-order valence-corrected chi connectivity index (χ3v) is 3.90. The summed E-state index contributed by atoms with van der Waals surface area (Å²) in [4.78, 5) is 12.0. The number of hydrogen-bond donors (Lipinski definition) is 2. The summed E-state index contributed by atoms with van der Waals surface area (Å²) in [5.74, 6) is 2.35. The monoisotopic (exact) mass is 280 g/mol. The maximum absolute atomic E-state index is 12.0. The zero-order valence-corrected chi connectivity index (χ0v) is 11.7. The lowest BCUT2D eigenvalue weighted by molar-refractivity contribution is -0.117. The van der Waals surface area contributed by atoms with Crippen LogP contribution >= 0.6 is 11.8 Å². The molecule has 1 unspecified atom stereocenters. The molecule has 102 valence electrons. The van der Waals surface area contributed by atoms with Crippen molar-refractivity contribution in [2.75, 3.05) is 16.9 Å². The van der Waals surface area contributed by atoms with Crippen LogP contribution in [0.5, 0.6) is 11.5 Å². The van der Waals surface area contributed by atoms with Crippen molar-refractivity contribution in [2.45, 2.75) is 25.7 Å². The molecule has 0 aliphatic carbocycles. The van der Waals surface area contributed by atoms with Crippen LogP contribution in [0.1, 0.15) is 13.8 Å². The lowest BCUT2D eigenvalue weighted by Gasteiger charge is -2.16. The molecular formula is C13H16N2O3S. The van der Waals surface area contributed by atoms with Crippen molar-refractivity contribution in [3.8, 4) is 11.5 Å². The van der Waals surface area contributed by atoms with Crippen LogP contribution < -0.4 is 20.1 Å². The topological polar surface area (TPSA) is 59.6 Å². The molecule has 0 bridgehead atoms. The second kappa shape index (κ2) is 4.61. The molecule has 1 atom stereocenters. The minimum absolute atomic E-state index is 0.0110. The van der Waals surface area contributed by atoms with Crippen molar-refractivity contribution < 1.29 is 14.3 Å². The molecule has 0 saturated carbocycles. The minimum Gasteiger partial charge on any atom is -0.449 e. The van der Waals surface area contributed by atoms with Crippen molar-refractivity contribution in [1.82, 2.24) is 5.32 Å². The van der Waals surface area contributed by atoms with Gasteiger partial charge in [-0.25, -0.2) is 0 Å². The fourth-order valence-corrected chi connectivity index (χ4v) is 3.04. The molecule has 0 radical (unpaired) electrons. The van der Waals surface area contributed by atoms with Gasteiger partial charge in [0, 0.05) is 37.2 Å². The summed E-state index contributed by atoms with van der Waals surface area (Å²) in [5.41, 5.74) is 0.726.